The van der Waals surface area contributed by atoms with Gasteiger partial charge >= 0.3 is 0 Å². The quantitative estimate of drug-likeness (QED) is 0.880. The summed E-state index contributed by atoms with van der Waals surface area (Å²) in [5.74, 6) is 0.197. The van der Waals surface area contributed by atoms with E-state index in [0.717, 1.165) is 5.56 Å². The van der Waals surface area contributed by atoms with E-state index in [1.807, 2.05) is 44.2 Å². The summed E-state index contributed by atoms with van der Waals surface area (Å²) in [7, 11) is 0. The Labute approximate surface area is 130 Å². The van der Waals surface area contributed by atoms with Crippen molar-refractivity contribution in [3.8, 4) is 5.75 Å². The van der Waals surface area contributed by atoms with E-state index in [9.17, 15) is 9.18 Å². The minimum atomic E-state index is -0.551. The maximum absolute atomic E-state index is 12.9. The number of carbonyl (C=O) groups excluding carboxylic acids is 1. The van der Waals surface area contributed by atoms with Crippen molar-refractivity contribution in [1.29, 1.82) is 0 Å². The zero-order chi connectivity index (χ0) is 15.9. The van der Waals surface area contributed by atoms with Crippen LogP contribution in [0, 0.1) is 5.82 Å². The van der Waals surface area contributed by atoms with E-state index < -0.39 is 6.10 Å². The molecule has 0 bridgehead atoms. The summed E-state index contributed by atoms with van der Waals surface area (Å²) in [6.07, 6.45) is 0.0157. The number of amides is 1. The first-order valence-corrected chi connectivity index (χ1v) is 7.37. The van der Waals surface area contributed by atoms with Gasteiger partial charge in [-0.1, -0.05) is 37.3 Å². The Morgan fingerprint density at radius 3 is 2.36 bits per heavy atom. The number of carbonyl (C=O) groups is 1. The maximum Gasteiger partial charge on any atom is 0.261 e. The summed E-state index contributed by atoms with van der Waals surface area (Å²) in [4.78, 5) is 12.3. The van der Waals surface area contributed by atoms with Crippen molar-refractivity contribution in [2.24, 2.45) is 0 Å². The number of hydrogen-bond donors (Lipinski definition) is 1. The number of hydrogen-bond acceptors (Lipinski definition) is 2. The Hall–Kier alpha value is -2.36. The van der Waals surface area contributed by atoms with Crippen LogP contribution in [0.5, 0.6) is 5.75 Å². The molecular formula is C18H20FNO2. The zero-order valence-electron chi connectivity index (χ0n) is 12.8. The second-order valence-electron chi connectivity index (χ2n) is 5.11. The first-order valence-electron chi connectivity index (χ1n) is 7.37. The molecule has 0 aliphatic rings. The van der Waals surface area contributed by atoms with Gasteiger partial charge in [0.2, 0.25) is 0 Å². The summed E-state index contributed by atoms with van der Waals surface area (Å²) < 4.78 is 18.6. The Balaban J connectivity index is 1.98. The summed E-state index contributed by atoms with van der Waals surface area (Å²) in [6, 6.07) is 15.1. The smallest absolute Gasteiger partial charge is 0.261 e. The Kier molecular flexibility index (Phi) is 5.53. The molecule has 2 aromatic rings. The molecule has 2 rings (SSSR count). The SMILES string of the molecule is CC[C@@H](Oc1ccccc1)C(=O)N[C@@H](C)c1ccc(F)cc1. The van der Waals surface area contributed by atoms with E-state index in [4.69, 9.17) is 4.74 Å². The van der Waals surface area contributed by atoms with Crippen LogP contribution < -0.4 is 10.1 Å². The lowest BCUT2D eigenvalue weighted by Crippen LogP contribution is -2.39. The van der Waals surface area contributed by atoms with Crippen molar-refractivity contribution >= 4 is 5.91 Å². The first kappa shape index (κ1) is 16.0. The van der Waals surface area contributed by atoms with E-state index in [1.54, 1.807) is 12.1 Å². The van der Waals surface area contributed by atoms with Gasteiger partial charge in [-0.05, 0) is 43.2 Å². The second kappa shape index (κ2) is 7.59. The van der Waals surface area contributed by atoms with Crippen LogP contribution >= 0.6 is 0 Å². The summed E-state index contributed by atoms with van der Waals surface area (Å²) >= 11 is 0. The molecule has 0 aromatic heterocycles. The molecule has 4 heteroatoms. The molecule has 1 amide bonds. The number of benzene rings is 2. The van der Waals surface area contributed by atoms with Crippen LogP contribution in [0.2, 0.25) is 0 Å². The lowest BCUT2D eigenvalue weighted by molar-refractivity contribution is -0.128. The Morgan fingerprint density at radius 1 is 1.14 bits per heavy atom. The molecule has 0 aliphatic carbocycles. The molecule has 0 saturated carbocycles. The van der Waals surface area contributed by atoms with Crippen molar-refractivity contribution in [2.75, 3.05) is 0 Å². The van der Waals surface area contributed by atoms with Gasteiger partial charge in [-0.15, -0.1) is 0 Å². The average molecular weight is 301 g/mol. The largest absolute Gasteiger partial charge is 0.481 e. The molecule has 22 heavy (non-hydrogen) atoms. The van der Waals surface area contributed by atoms with Gasteiger partial charge in [0.05, 0.1) is 6.04 Å². The molecule has 0 unspecified atom stereocenters. The normalized spacial score (nSPS) is 13.2. The summed E-state index contributed by atoms with van der Waals surface area (Å²) in [6.45, 7) is 3.76. The number of nitrogens with one attached hydrogen (secondary N) is 1. The van der Waals surface area contributed by atoms with Gasteiger partial charge in [-0.25, -0.2) is 4.39 Å². The first-order chi connectivity index (χ1) is 10.6. The third-order valence-electron chi connectivity index (χ3n) is 3.41. The standard InChI is InChI=1S/C18H20FNO2/c1-3-17(22-16-7-5-4-6-8-16)18(21)20-13(2)14-9-11-15(19)12-10-14/h4-13,17H,3H2,1-2H3,(H,20,21)/t13-,17+/m0/s1. The van der Waals surface area contributed by atoms with Crippen LogP contribution in [-0.2, 0) is 4.79 Å². The van der Waals surface area contributed by atoms with E-state index in [0.29, 0.717) is 12.2 Å². The van der Waals surface area contributed by atoms with Crippen molar-refractivity contribution in [3.05, 3.63) is 66.0 Å². The molecule has 0 spiro atoms. The third-order valence-corrected chi connectivity index (χ3v) is 3.41. The highest BCUT2D eigenvalue weighted by atomic mass is 19.1. The number of halogens is 1. The minimum absolute atomic E-state index is 0.178. The predicted molar refractivity (Wildman–Crippen MR) is 84.1 cm³/mol. The second-order valence-corrected chi connectivity index (χ2v) is 5.11. The topological polar surface area (TPSA) is 38.3 Å². The molecule has 0 aliphatic heterocycles. The van der Waals surface area contributed by atoms with Gasteiger partial charge in [-0.3, -0.25) is 4.79 Å². The van der Waals surface area contributed by atoms with Crippen LogP contribution in [0.15, 0.2) is 54.6 Å². The fourth-order valence-electron chi connectivity index (χ4n) is 2.13. The fourth-order valence-corrected chi connectivity index (χ4v) is 2.13. The van der Waals surface area contributed by atoms with E-state index in [2.05, 4.69) is 5.32 Å². The molecule has 3 nitrogen and oxygen atoms in total. The van der Waals surface area contributed by atoms with E-state index in [-0.39, 0.29) is 17.8 Å². The maximum atomic E-state index is 12.9. The van der Waals surface area contributed by atoms with Crippen molar-refractivity contribution in [1.82, 2.24) is 5.32 Å². The Bertz CT molecular complexity index is 598. The van der Waals surface area contributed by atoms with Gasteiger partial charge < -0.3 is 10.1 Å². The molecule has 0 radical (unpaired) electrons. The minimum Gasteiger partial charge on any atom is -0.481 e. The molecular weight excluding hydrogens is 281 g/mol. The molecule has 2 atom stereocenters. The van der Waals surface area contributed by atoms with Crippen LogP contribution in [0.1, 0.15) is 31.9 Å². The van der Waals surface area contributed by atoms with Gasteiger partial charge in [0.15, 0.2) is 6.10 Å². The predicted octanol–water partition coefficient (Wildman–Crippen LogP) is 3.86. The number of ether oxygens (including phenoxy) is 1. The fraction of sp³-hybridized carbons (Fsp3) is 0.278. The molecule has 0 saturated heterocycles. The van der Waals surface area contributed by atoms with Crippen LogP contribution in [0.3, 0.4) is 0 Å². The Morgan fingerprint density at radius 2 is 1.77 bits per heavy atom. The van der Waals surface area contributed by atoms with Crippen LogP contribution in [-0.4, -0.2) is 12.0 Å². The van der Waals surface area contributed by atoms with Crippen molar-refractivity contribution < 1.29 is 13.9 Å². The summed E-state index contributed by atoms with van der Waals surface area (Å²) in [5.41, 5.74) is 0.851. The average Bonchev–Trinajstić information content (AvgIpc) is 2.54. The molecule has 2 aromatic carbocycles. The number of rotatable bonds is 6. The van der Waals surface area contributed by atoms with E-state index >= 15 is 0 Å². The highest BCUT2D eigenvalue weighted by Crippen LogP contribution is 2.16. The molecule has 0 heterocycles. The van der Waals surface area contributed by atoms with Gasteiger partial charge in [-0.2, -0.15) is 0 Å². The van der Waals surface area contributed by atoms with Crippen molar-refractivity contribution in [2.45, 2.75) is 32.4 Å². The van der Waals surface area contributed by atoms with Crippen LogP contribution in [0.4, 0.5) is 4.39 Å². The van der Waals surface area contributed by atoms with Crippen molar-refractivity contribution in [3.63, 3.8) is 0 Å². The van der Waals surface area contributed by atoms with E-state index in [1.165, 1.54) is 12.1 Å². The lowest BCUT2D eigenvalue weighted by Gasteiger charge is -2.20. The van der Waals surface area contributed by atoms with Gasteiger partial charge in [0.25, 0.3) is 5.91 Å². The monoisotopic (exact) mass is 301 g/mol. The highest BCUT2D eigenvalue weighted by molar-refractivity contribution is 5.81. The number of para-hydroxylation sites is 1. The van der Waals surface area contributed by atoms with Gasteiger partial charge in [0.1, 0.15) is 11.6 Å². The molecule has 0 fully saturated rings. The summed E-state index contributed by atoms with van der Waals surface area (Å²) in [5, 5.41) is 2.90. The van der Waals surface area contributed by atoms with Gasteiger partial charge in [0, 0.05) is 0 Å². The zero-order valence-corrected chi connectivity index (χ0v) is 12.8. The van der Waals surface area contributed by atoms with Crippen LogP contribution in [0.25, 0.3) is 0 Å². The molecule has 1 N–H and O–H groups in total. The highest BCUT2D eigenvalue weighted by Gasteiger charge is 2.20. The third kappa shape index (κ3) is 4.32. The molecule has 116 valence electrons. The lowest BCUT2D eigenvalue weighted by atomic mass is 10.1.